The van der Waals surface area contributed by atoms with Crippen LogP contribution >= 0.6 is 0 Å². The molecule has 1 unspecified atom stereocenters. The Hall–Kier alpha value is -3.29. The van der Waals surface area contributed by atoms with E-state index < -0.39 is 0 Å². The Morgan fingerprint density at radius 2 is 2.14 bits per heavy atom. The minimum atomic E-state index is -0.104. The Labute approximate surface area is 163 Å². The number of nitrogens with zero attached hydrogens (tertiary/aromatic N) is 5. The lowest BCUT2D eigenvalue weighted by Gasteiger charge is -2.31. The number of carbonyl (C=O) groups excluding carboxylic acids is 1. The van der Waals surface area contributed by atoms with Gasteiger partial charge in [0.05, 0.1) is 5.69 Å². The predicted molar refractivity (Wildman–Crippen MR) is 106 cm³/mol. The number of hydrogen-bond donors (Lipinski definition) is 2. The zero-order valence-electron chi connectivity index (χ0n) is 16.0. The highest BCUT2D eigenvalue weighted by Crippen LogP contribution is 2.26. The minimum Gasteiger partial charge on any atom is -0.324 e. The van der Waals surface area contributed by atoms with Crippen molar-refractivity contribution in [3.05, 3.63) is 54.0 Å². The standard InChI is InChI=1S/C20H23N7O/c1-13-21-9-8-18(22-13)15-5-3-7-17(11-15)24-20(28)27-10-4-6-16(12-27)19-23-14(2)25-26-19/h3,5,7-9,11,16H,4,6,10,12H2,1-2H3,(H,24,28)(H,23,25,26). The molecule has 3 aromatic rings. The second kappa shape index (κ2) is 7.75. The lowest BCUT2D eigenvalue weighted by molar-refractivity contribution is 0.191. The SMILES string of the molecule is Cc1nccc(-c2cccc(NC(=O)N3CCCC(c4n[nH]c(C)n4)C3)c2)n1. The number of likely N-dealkylation sites (tertiary alicyclic amines) is 1. The molecule has 0 bridgehead atoms. The average Bonchev–Trinajstić information content (AvgIpc) is 3.15. The van der Waals surface area contributed by atoms with E-state index in [-0.39, 0.29) is 11.9 Å². The molecule has 1 aromatic carbocycles. The third-order valence-corrected chi connectivity index (χ3v) is 4.87. The van der Waals surface area contributed by atoms with Gasteiger partial charge < -0.3 is 10.2 Å². The van der Waals surface area contributed by atoms with Gasteiger partial charge in [-0.15, -0.1) is 0 Å². The number of aromatic amines is 1. The number of carbonyl (C=O) groups is 1. The fourth-order valence-corrected chi connectivity index (χ4v) is 3.49. The Morgan fingerprint density at radius 1 is 1.25 bits per heavy atom. The maximum atomic E-state index is 12.8. The second-order valence-electron chi connectivity index (χ2n) is 7.06. The van der Waals surface area contributed by atoms with Crippen molar-refractivity contribution < 1.29 is 4.79 Å². The molecule has 1 aliphatic heterocycles. The lowest BCUT2D eigenvalue weighted by atomic mass is 9.97. The van der Waals surface area contributed by atoms with Crippen LogP contribution in [0.5, 0.6) is 0 Å². The number of aryl methyl sites for hydroxylation is 2. The molecule has 0 radical (unpaired) electrons. The molecular formula is C20H23N7O. The van der Waals surface area contributed by atoms with Gasteiger partial charge in [0.25, 0.3) is 0 Å². The van der Waals surface area contributed by atoms with Crippen molar-refractivity contribution in [3.8, 4) is 11.3 Å². The highest BCUT2D eigenvalue weighted by atomic mass is 16.2. The normalized spacial score (nSPS) is 16.8. The largest absolute Gasteiger partial charge is 0.324 e. The number of hydrogen-bond acceptors (Lipinski definition) is 5. The van der Waals surface area contributed by atoms with Gasteiger partial charge in [-0.2, -0.15) is 5.10 Å². The molecule has 0 spiro atoms. The van der Waals surface area contributed by atoms with Gasteiger partial charge in [0.15, 0.2) is 5.82 Å². The van der Waals surface area contributed by atoms with Crippen LogP contribution < -0.4 is 5.32 Å². The van der Waals surface area contributed by atoms with Crippen LogP contribution in [0.4, 0.5) is 10.5 Å². The number of piperidine rings is 1. The van der Waals surface area contributed by atoms with Crippen molar-refractivity contribution >= 4 is 11.7 Å². The fraction of sp³-hybridized carbons (Fsp3) is 0.350. The summed E-state index contributed by atoms with van der Waals surface area (Å²) in [5, 5.41) is 10.2. The van der Waals surface area contributed by atoms with Crippen molar-refractivity contribution in [2.75, 3.05) is 18.4 Å². The summed E-state index contributed by atoms with van der Waals surface area (Å²) in [6, 6.07) is 9.46. The zero-order valence-corrected chi connectivity index (χ0v) is 16.0. The van der Waals surface area contributed by atoms with E-state index in [1.54, 1.807) is 6.20 Å². The van der Waals surface area contributed by atoms with E-state index in [9.17, 15) is 4.79 Å². The van der Waals surface area contributed by atoms with Crippen LogP contribution in [0.25, 0.3) is 11.3 Å². The Balaban J connectivity index is 1.45. The number of anilines is 1. The van der Waals surface area contributed by atoms with Crippen molar-refractivity contribution in [3.63, 3.8) is 0 Å². The molecule has 8 nitrogen and oxygen atoms in total. The van der Waals surface area contributed by atoms with Gasteiger partial charge in [-0.1, -0.05) is 12.1 Å². The molecule has 8 heteroatoms. The molecule has 1 atom stereocenters. The lowest BCUT2D eigenvalue weighted by Crippen LogP contribution is -2.41. The number of nitrogens with one attached hydrogen (secondary N) is 2. The van der Waals surface area contributed by atoms with E-state index in [2.05, 4.69) is 30.5 Å². The molecule has 3 heterocycles. The number of rotatable bonds is 3. The monoisotopic (exact) mass is 377 g/mol. The van der Waals surface area contributed by atoms with Gasteiger partial charge >= 0.3 is 6.03 Å². The summed E-state index contributed by atoms with van der Waals surface area (Å²) in [5.41, 5.74) is 2.52. The van der Waals surface area contributed by atoms with Crippen LogP contribution in [0.3, 0.4) is 0 Å². The number of amides is 2. The van der Waals surface area contributed by atoms with Gasteiger partial charge in [-0.3, -0.25) is 5.10 Å². The van der Waals surface area contributed by atoms with E-state index in [4.69, 9.17) is 0 Å². The van der Waals surface area contributed by atoms with E-state index in [1.807, 2.05) is 49.1 Å². The molecule has 144 valence electrons. The summed E-state index contributed by atoms with van der Waals surface area (Å²) in [6.07, 6.45) is 3.66. The highest BCUT2D eigenvalue weighted by molar-refractivity contribution is 5.90. The minimum absolute atomic E-state index is 0.104. The first-order valence-corrected chi connectivity index (χ1v) is 9.43. The van der Waals surface area contributed by atoms with E-state index in [1.165, 1.54) is 0 Å². The van der Waals surface area contributed by atoms with Gasteiger partial charge in [0, 0.05) is 36.5 Å². The molecular weight excluding hydrogens is 354 g/mol. The smallest absolute Gasteiger partial charge is 0.321 e. The van der Waals surface area contributed by atoms with Crippen molar-refractivity contribution in [1.82, 2.24) is 30.0 Å². The third-order valence-electron chi connectivity index (χ3n) is 4.87. The van der Waals surface area contributed by atoms with Crippen LogP contribution in [0.2, 0.25) is 0 Å². The average molecular weight is 377 g/mol. The number of benzene rings is 1. The maximum absolute atomic E-state index is 12.8. The molecule has 1 aliphatic rings. The second-order valence-corrected chi connectivity index (χ2v) is 7.06. The molecule has 4 rings (SSSR count). The van der Waals surface area contributed by atoms with Crippen molar-refractivity contribution in [1.29, 1.82) is 0 Å². The third kappa shape index (κ3) is 4.00. The molecule has 0 saturated carbocycles. The maximum Gasteiger partial charge on any atom is 0.321 e. The summed E-state index contributed by atoms with van der Waals surface area (Å²) in [5.74, 6) is 2.47. The molecule has 28 heavy (non-hydrogen) atoms. The number of urea groups is 1. The Bertz CT molecular complexity index is 984. The van der Waals surface area contributed by atoms with E-state index in [0.29, 0.717) is 12.4 Å². The molecule has 0 aliphatic carbocycles. The summed E-state index contributed by atoms with van der Waals surface area (Å²) in [6.45, 7) is 5.10. The highest BCUT2D eigenvalue weighted by Gasteiger charge is 2.27. The van der Waals surface area contributed by atoms with Crippen LogP contribution in [-0.4, -0.2) is 49.2 Å². The van der Waals surface area contributed by atoms with Crippen molar-refractivity contribution in [2.45, 2.75) is 32.6 Å². The molecule has 1 saturated heterocycles. The summed E-state index contributed by atoms with van der Waals surface area (Å²) >= 11 is 0. The number of H-pyrrole nitrogens is 1. The first-order valence-electron chi connectivity index (χ1n) is 9.43. The quantitative estimate of drug-likeness (QED) is 0.729. The molecule has 1 fully saturated rings. The van der Waals surface area contributed by atoms with Gasteiger partial charge in [0.2, 0.25) is 0 Å². The first kappa shape index (κ1) is 18.1. The van der Waals surface area contributed by atoms with Gasteiger partial charge in [-0.05, 0) is 44.9 Å². The fourth-order valence-electron chi connectivity index (χ4n) is 3.49. The summed E-state index contributed by atoms with van der Waals surface area (Å²) in [7, 11) is 0. The van der Waals surface area contributed by atoms with Crippen molar-refractivity contribution in [2.24, 2.45) is 0 Å². The predicted octanol–water partition coefficient (Wildman–Crippen LogP) is 3.29. The first-order chi connectivity index (χ1) is 13.6. The Morgan fingerprint density at radius 3 is 2.93 bits per heavy atom. The molecule has 2 N–H and O–H groups in total. The molecule has 2 aromatic heterocycles. The van der Waals surface area contributed by atoms with Gasteiger partial charge in [-0.25, -0.2) is 19.7 Å². The van der Waals surface area contributed by atoms with E-state index in [0.717, 1.165) is 48.0 Å². The Kier molecular flexibility index (Phi) is 5.01. The number of aromatic nitrogens is 5. The molecule has 2 amide bonds. The van der Waals surface area contributed by atoms with Crippen LogP contribution in [0.1, 0.15) is 36.2 Å². The summed E-state index contributed by atoms with van der Waals surface area (Å²) < 4.78 is 0. The van der Waals surface area contributed by atoms with Crippen LogP contribution in [0, 0.1) is 13.8 Å². The van der Waals surface area contributed by atoms with Crippen LogP contribution in [-0.2, 0) is 0 Å². The van der Waals surface area contributed by atoms with E-state index >= 15 is 0 Å². The van der Waals surface area contributed by atoms with Gasteiger partial charge in [0.1, 0.15) is 11.6 Å². The summed E-state index contributed by atoms with van der Waals surface area (Å²) in [4.78, 5) is 27.6. The zero-order chi connectivity index (χ0) is 19.5. The topological polar surface area (TPSA) is 99.7 Å². The van der Waals surface area contributed by atoms with Crippen LogP contribution in [0.15, 0.2) is 36.5 Å².